The first-order valence-corrected chi connectivity index (χ1v) is 9.68. The Morgan fingerprint density at radius 3 is 2.77 bits per heavy atom. The molecule has 1 aromatic heterocycles. The lowest BCUT2D eigenvalue weighted by molar-refractivity contribution is -0.134. The average Bonchev–Trinajstić information content (AvgIpc) is 2.95. The fraction of sp³-hybridized carbons (Fsp3) is 0.455. The van der Waals surface area contributed by atoms with Gasteiger partial charge < -0.3 is 10.2 Å². The zero-order chi connectivity index (χ0) is 18.2. The molecular formula is C22H29N3O. The van der Waals surface area contributed by atoms with Gasteiger partial charge >= 0.3 is 0 Å². The van der Waals surface area contributed by atoms with E-state index >= 15 is 0 Å². The average molecular weight is 351 g/mol. The molecule has 0 spiro atoms. The van der Waals surface area contributed by atoms with Crippen LogP contribution in [0.25, 0.3) is 0 Å². The quantitative estimate of drug-likeness (QED) is 0.866. The minimum atomic E-state index is 0.239. The third-order valence-corrected chi connectivity index (χ3v) is 5.11. The molecule has 1 unspecified atom stereocenters. The number of hydrogen-bond acceptors (Lipinski definition) is 3. The Morgan fingerprint density at radius 1 is 1.15 bits per heavy atom. The molecule has 3 rings (SSSR count). The molecule has 1 aliphatic rings. The van der Waals surface area contributed by atoms with E-state index in [1.807, 2.05) is 18.2 Å². The summed E-state index contributed by atoms with van der Waals surface area (Å²) < 4.78 is 0. The minimum Gasteiger partial charge on any atom is -0.334 e. The first-order valence-electron chi connectivity index (χ1n) is 9.68. The van der Waals surface area contributed by atoms with Crippen molar-refractivity contribution in [2.45, 2.75) is 51.6 Å². The molecular weight excluding hydrogens is 322 g/mol. The van der Waals surface area contributed by atoms with Crippen LogP contribution in [-0.2, 0) is 17.8 Å². The number of rotatable bonds is 6. The Morgan fingerprint density at radius 2 is 2.00 bits per heavy atom. The van der Waals surface area contributed by atoms with Crippen molar-refractivity contribution in [3.63, 3.8) is 0 Å². The maximum atomic E-state index is 13.1. The topological polar surface area (TPSA) is 45.2 Å². The third-order valence-electron chi connectivity index (χ3n) is 5.11. The molecule has 1 atom stereocenters. The molecule has 1 amide bonds. The minimum absolute atomic E-state index is 0.239. The summed E-state index contributed by atoms with van der Waals surface area (Å²) in [6.45, 7) is 4.72. The molecule has 26 heavy (non-hydrogen) atoms. The van der Waals surface area contributed by atoms with E-state index in [-0.39, 0.29) is 5.91 Å². The predicted molar refractivity (Wildman–Crippen MR) is 105 cm³/mol. The van der Waals surface area contributed by atoms with E-state index in [0.29, 0.717) is 19.0 Å². The molecule has 1 fully saturated rings. The highest BCUT2D eigenvalue weighted by Crippen LogP contribution is 2.18. The van der Waals surface area contributed by atoms with Crippen molar-refractivity contribution in [2.24, 2.45) is 0 Å². The van der Waals surface area contributed by atoms with Crippen molar-refractivity contribution in [3.05, 3.63) is 65.5 Å². The highest BCUT2D eigenvalue weighted by molar-refractivity contribution is 5.76. The lowest BCUT2D eigenvalue weighted by Gasteiger charge is -2.31. The number of pyridine rings is 1. The maximum Gasteiger partial charge on any atom is 0.223 e. The van der Waals surface area contributed by atoms with Crippen molar-refractivity contribution in [1.82, 2.24) is 15.2 Å². The zero-order valence-corrected chi connectivity index (χ0v) is 15.7. The van der Waals surface area contributed by atoms with Gasteiger partial charge in [0.15, 0.2) is 0 Å². The summed E-state index contributed by atoms with van der Waals surface area (Å²) in [5.74, 6) is 0.239. The number of nitrogens with one attached hydrogen (secondary N) is 1. The third kappa shape index (κ3) is 5.40. The van der Waals surface area contributed by atoms with Gasteiger partial charge in [-0.05, 0) is 63.4 Å². The lowest BCUT2D eigenvalue weighted by atomic mass is 10.0. The van der Waals surface area contributed by atoms with Crippen LogP contribution in [0.5, 0.6) is 0 Å². The van der Waals surface area contributed by atoms with Crippen molar-refractivity contribution in [1.29, 1.82) is 0 Å². The molecule has 1 aromatic carbocycles. The summed E-state index contributed by atoms with van der Waals surface area (Å²) in [6, 6.07) is 14.7. The van der Waals surface area contributed by atoms with Gasteiger partial charge in [-0.2, -0.15) is 0 Å². The van der Waals surface area contributed by atoms with Gasteiger partial charge in [-0.15, -0.1) is 0 Å². The van der Waals surface area contributed by atoms with E-state index in [2.05, 4.69) is 46.4 Å². The summed E-state index contributed by atoms with van der Waals surface area (Å²) in [6.07, 6.45) is 6.36. The number of nitrogens with zero attached hydrogens (tertiary/aromatic N) is 2. The Hall–Kier alpha value is -2.20. The number of benzene rings is 1. The standard InChI is InChI=1S/C22H29N3O/c1-18-7-9-19(10-8-18)11-12-22(26)25(17-20-5-2-3-15-24-20)21-6-4-14-23-16-13-21/h2-3,5,7-10,15,21,23H,4,6,11-14,16-17H2,1H3. The van der Waals surface area contributed by atoms with Gasteiger partial charge in [0.1, 0.15) is 0 Å². The van der Waals surface area contributed by atoms with Gasteiger partial charge in [-0.25, -0.2) is 0 Å². The van der Waals surface area contributed by atoms with Gasteiger partial charge in [0.25, 0.3) is 0 Å². The van der Waals surface area contributed by atoms with Crippen LogP contribution in [0.3, 0.4) is 0 Å². The Labute approximate surface area is 156 Å². The van der Waals surface area contributed by atoms with Crippen molar-refractivity contribution in [3.8, 4) is 0 Å². The monoisotopic (exact) mass is 351 g/mol. The van der Waals surface area contributed by atoms with E-state index in [4.69, 9.17) is 0 Å². The summed E-state index contributed by atoms with van der Waals surface area (Å²) >= 11 is 0. The molecule has 138 valence electrons. The molecule has 2 heterocycles. The lowest BCUT2D eigenvalue weighted by Crippen LogP contribution is -2.40. The number of aromatic nitrogens is 1. The van der Waals surface area contributed by atoms with Crippen LogP contribution in [0, 0.1) is 6.92 Å². The number of carbonyl (C=O) groups is 1. The zero-order valence-electron chi connectivity index (χ0n) is 15.7. The van der Waals surface area contributed by atoms with E-state index < -0.39 is 0 Å². The number of aryl methyl sites for hydroxylation is 2. The van der Waals surface area contributed by atoms with Crippen LogP contribution in [0.4, 0.5) is 0 Å². The number of carbonyl (C=O) groups excluding carboxylic acids is 1. The number of amides is 1. The fourth-order valence-electron chi connectivity index (χ4n) is 3.55. The van der Waals surface area contributed by atoms with Crippen molar-refractivity contribution in [2.75, 3.05) is 13.1 Å². The highest BCUT2D eigenvalue weighted by Gasteiger charge is 2.24. The van der Waals surface area contributed by atoms with E-state index in [1.54, 1.807) is 6.20 Å². The van der Waals surface area contributed by atoms with E-state index in [1.165, 1.54) is 11.1 Å². The predicted octanol–water partition coefficient (Wildman–Crippen LogP) is 3.49. The molecule has 1 aliphatic heterocycles. The molecule has 1 saturated heterocycles. The van der Waals surface area contributed by atoms with Gasteiger partial charge in [-0.3, -0.25) is 9.78 Å². The van der Waals surface area contributed by atoms with Crippen LogP contribution in [0.1, 0.15) is 42.5 Å². The molecule has 0 aliphatic carbocycles. The first kappa shape index (κ1) is 18.6. The van der Waals surface area contributed by atoms with Crippen molar-refractivity contribution >= 4 is 5.91 Å². The second kappa shape index (κ2) is 9.48. The van der Waals surface area contributed by atoms with Gasteiger partial charge in [-0.1, -0.05) is 35.9 Å². The summed E-state index contributed by atoms with van der Waals surface area (Å²) in [7, 11) is 0. The second-order valence-corrected chi connectivity index (χ2v) is 7.16. The summed E-state index contributed by atoms with van der Waals surface area (Å²) in [4.78, 5) is 19.6. The summed E-state index contributed by atoms with van der Waals surface area (Å²) in [5.41, 5.74) is 3.44. The first-order chi connectivity index (χ1) is 12.7. The van der Waals surface area contributed by atoms with Crippen LogP contribution < -0.4 is 5.32 Å². The normalized spacial score (nSPS) is 17.5. The van der Waals surface area contributed by atoms with E-state index in [9.17, 15) is 4.79 Å². The Balaban J connectivity index is 1.68. The van der Waals surface area contributed by atoms with Gasteiger partial charge in [0, 0.05) is 18.7 Å². The molecule has 4 nitrogen and oxygen atoms in total. The Bertz CT molecular complexity index is 676. The van der Waals surface area contributed by atoms with E-state index in [0.717, 1.165) is 44.5 Å². The van der Waals surface area contributed by atoms with Crippen LogP contribution in [0.2, 0.25) is 0 Å². The number of hydrogen-bond donors (Lipinski definition) is 1. The van der Waals surface area contributed by atoms with Gasteiger partial charge in [0.2, 0.25) is 5.91 Å². The van der Waals surface area contributed by atoms with Crippen LogP contribution >= 0.6 is 0 Å². The molecule has 4 heteroatoms. The highest BCUT2D eigenvalue weighted by atomic mass is 16.2. The largest absolute Gasteiger partial charge is 0.334 e. The maximum absolute atomic E-state index is 13.1. The van der Waals surface area contributed by atoms with Crippen molar-refractivity contribution < 1.29 is 4.79 Å². The molecule has 2 aromatic rings. The molecule has 0 bridgehead atoms. The smallest absolute Gasteiger partial charge is 0.223 e. The molecule has 0 radical (unpaired) electrons. The summed E-state index contributed by atoms with van der Waals surface area (Å²) in [5, 5.41) is 3.44. The van der Waals surface area contributed by atoms with Gasteiger partial charge in [0.05, 0.1) is 12.2 Å². The second-order valence-electron chi connectivity index (χ2n) is 7.16. The molecule has 0 saturated carbocycles. The fourth-order valence-corrected chi connectivity index (χ4v) is 3.55. The van der Waals surface area contributed by atoms with Crippen LogP contribution in [-0.4, -0.2) is 34.9 Å². The SMILES string of the molecule is Cc1ccc(CCC(=O)N(Cc2ccccn2)C2CCCNCC2)cc1. The molecule has 1 N–H and O–H groups in total. The Kier molecular flexibility index (Phi) is 6.78. The van der Waals surface area contributed by atoms with Crippen LogP contribution in [0.15, 0.2) is 48.7 Å².